The molecule has 0 saturated heterocycles. The molecule has 7 aromatic carbocycles. The van der Waals surface area contributed by atoms with Gasteiger partial charge in [0.2, 0.25) is 5.89 Å². The van der Waals surface area contributed by atoms with Gasteiger partial charge in [0, 0.05) is 38.5 Å². The highest BCUT2D eigenvalue weighted by Gasteiger charge is 2.37. The first-order valence-corrected chi connectivity index (χ1v) is 17.5. The molecule has 3 heteroatoms. The lowest BCUT2D eigenvalue weighted by Gasteiger charge is -2.29. The molecule has 1 aromatic heterocycles. The van der Waals surface area contributed by atoms with Crippen LogP contribution in [-0.2, 0) is 10.8 Å². The Balaban J connectivity index is 1.25. The minimum Gasteiger partial charge on any atom is -0.435 e. The van der Waals surface area contributed by atoms with E-state index in [9.17, 15) is 0 Å². The second-order valence-electron chi connectivity index (χ2n) is 14.8. The molecular weight excluding hydrogens is 609 g/mol. The van der Waals surface area contributed by atoms with Gasteiger partial charge in [-0.15, -0.1) is 0 Å². The fraction of sp³-hybridized carbons (Fsp3) is 0.128. The third-order valence-corrected chi connectivity index (χ3v) is 11.3. The Morgan fingerprint density at radius 1 is 0.480 bits per heavy atom. The third kappa shape index (κ3) is 4.01. The minimum absolute atomic E-state index is 0.0711. The summed E-state index contributed by atoms with van der Waals surface area (Å²) in [5.74, 6) is 0.627. The Bertz CT molecular complexity index is 2550. The van der Waals surface area contributed by atoms with Crippen LogP contribution in [0.3, 0.4) is 0 Å². The standard InChI is InChI=1S/C47H36N2O/c1-46(2)38-20-12-10-16-32(38)36-26-30(22-24-40(36)46)49(31-23-25-41-37(27-31)33-17-11-13-21-39(33)47(41,3)4)43-28-42-44(35-19-9-8-18-34(35)43)50-45(48-42)29-14-6-5-7-15-29/h5-28H,1-4H3. The van der Waals surface area contributed by atoms with E-state index in [2.05, 4.69) is 148 Å². The first kappa shape index (κ1) is 29.0. The lowest BCUT2D eigenvalue weighted by atomic mass is 9.82. The zero-order chi connectivity index (χ0) is 33.8. The Morgan fingerprint density at radius 2 is 0.980 bits per heavy atom. The van der Waals surface area contributed by atoms with Crippen molar-refractivity contribution in [3.63, 3.8) is 0 Å². The van der Waals surface area contributed by atoms with Gasteiger partial charge in [-0.1, -0.05) is 131 Å². The van der Waals surface area contributed by atoms with E-state index in [-0.39, 0.29) is 10.8 Å². The fourth-order valence-corrected chi connectivity index (χ4v) is 8.75. The Kier molecular flexibility index (Phi) is 5.97. The highest BCUT2D eigenvalue weighted by molar-refractivity contribution is 6.12. The SMILES string of the molecule is CC1(C)c2ccccc2-c2cc(N(c3ccc4c(c3)-c3ccccc3C4(C)C)c3cc4nc(-c5ccccc5)oc4c4ccccc34)ccc21. The van der Waals surface area contributed by atoms with E-state index >= 15 is 0 Å². The predicted molar refractivity (Wildman–Crippen MR) is 207 cm³/mol. The summed E-state index contributed by atoms with van der Waals surface area (Å²) in [6.07, 6.45) is 0. The van der Waals surface area contributed by atoms with Crippen LogP contribution in [0.1, 0.15) is 49.9 Å². The predicted octanol–water partition coefficient (Wildman–Crippen LogP) is 12.7. The van der Waals surface area contributed by atoms with Gasteiger partial charge in [0.25, 0.3) is 0 Å². The molecule has 0 unspecified atom stereocenters. The first-order valence-electron chi connectivity index (χ1n) is 17.5. The van der Waals surface area contributed by atoms with Crippen LogP contribution in [0.15, 0.2) is 150 Å². The lowest BCUT2D eigenvalue weighted by molar-refractivity contribution is 0.623. The van der Waals surface area contributed by atoms with Crippen molar-refractivity contribution in [2.75, 3.05) is 4.90 Å². The monoisotopic (exact) mass is 644 g/mol. The van der Waals surface area contributed by atoms with Crippen LogP contribution in [0, 0.1) is 0 Å². The summed E-state index contributed by atoms with van der Waals surface area (Å²) in [5, 5.41) is 2.15. The molecular formula is C47H36N2O. The maximum Gasteiger partial charge on any atom is 0.227 e. The van der Waals surface area contributed by atoms with Crippen molar-refractivity contribution in [3.05, 3.63) is 168 Å². The van der Waals surface area contributed by atoms with E-state index < -0.39 is 0 Å². The molecule has 0 atom stereocenters. The van der Waals surface area contributed by atoms with Crippen LogP contribution in [-0.4, -0.2) is 4.98 Å². The number of nitrogens with zero attached hydrogens (tertiary/aromatic N) is 2. The molecule has 50 heavy (non-hydrogen) atoms. The van der Waals surface area contributed by atoms with Gasteiger partial charge in [-0.3, -0.25) is 0 Å². The van der Waals surface area contributed by atoms with E-state index in [1.807, 2.05) is 30.3 Å². The number of hydrogen-bond acceptors (Lipinski definition) is 3. The second-order valence-corrected chi connectivity index (χ2v) is 14.8. The number of anilines is 3. The van der Waals surface area contributed by atoms with Crippen molar-refractivity contribution >= 4 is 38.9 Å². The van der Waals surface area contributed by atoms with Crippen LogP contribution in [0.5, 0.6) is 0 Å². The van der Waals surface area contributed by atoms with Crippen molar-refractivity contribution in [1.29, 1.82) is 0 Å². The number of hydrogen-bond donors (Lipinski definition) is 0. The minimum atomic E-state index is -0.0711. The van der Waals surface area contributed by atoms with Crippen molar-refractivity contribution in [2.45, 2.75) is 38.5 Å². The highest BCUT2D eigenvalue weighted by atomic mass is 16.3. The van der Waals surface area contributed by atoms with Crippen molar-refractivity contribution in [3.8, 4) is 33.7 Å². The van der Waals surface area contributed by atoms with Gasteiger partial charge in [-0.25, -0.2) is 4.98 Å². The molecule has 1 heterocycles. The number of fused-ring (bicyclic) bond motifs is 9. The Morgan fingerprint density at radius 3 is 1.58 bits per heavy atom. The van der Waals surface area contributed by atoms with Gasteiger partial charge in [0.15, 0.2) is 5.58 Å². The van der Waals surface area contributed by atoms with Gasteiger partial charge >= 0.3 is 0 Å². The summed E-state index contributed by atoms with van der Waals surface area (Å²) in [5.41, 5.74) is 16.4. The molecule has 2 aliphatic rings. The smallest absolute Gasteiger partial charge is 0.227 e. The van der Waals surface area contributed by atoms with Gasteiger partial charge in [0.1, 0.15) is 5.52 Å². The van der Waals surface area contributed by atoms with Gasteiger partial charge < -0.3 is 9.32 Å². The number of rotatable bonds is 4. The van der Waals surface area contributed by atoms with Crippen molar-refractivity contribution in [1.82, 2.24) is 4.98 Å². The molecule has 2 aliphatic carbocycles. The summed E-state index contributed by atoms with van der Waals surface area (Å²) < 4.78 is 6.53. The van der Waals surface area contributed by atoms with Gasteiger partial charge in [-0.05, 0) is 87.0 Å². The molecule has 3 nitrogen and oxygen atoms in total. The molecule has 10 rings (SSSR count). The van der Waals surface area contributed by atoms with Crippen molar-refractivity contribution in [2.24, 2.45) is 0 Å². The van der Waals surface area contributed by atoms with Gasteiger partial charge in [-0.2, -0.15) is 0 Å². The fourth-order valence-electron chi connectivity index (χ4n) is 8.75. The maximum absolute atomic E-state index is 6.53. The van der Waals surface area contributed by atoms with Gasteiger partial charge in [0.05, 0.1) is 5.69 Å². The van der Waals surface area contributed by atoms with Crippen LogP contribution >= 0.6 is 0 Å². The normalized spacial score (nSPS) is 14.7. The topological polar surface area (TPSA) is 29.3 Å². The highest BCUT2D eigenvalue weighted by Crippen LogP contribution is 2.53. The Labute approximate surface area is 292 Å². The average Bonchev–Trinajstić information content (AvgIpc) is 3.76. The summed E-state index contributed by atoms with van der Waals surface area (Å²) in [6.45, 7) is 9.35. The van der Waals surface area contributed by atoms with Crippen molar-refractivity contribution < 1.29 is 4.42 Å². The molecule has 0 N–H and O–H groups in total. The third-order valence-electron chi connectivity index (χ3n) is 11.3. The molecule has 0 spiro atoms. The second kappa shape index (κ2) is 10.3. The zero-order valence-electron chi connectivity index (χ0n) is 28.7. The summed E-state index contributed by atoms with van der Waals surface area (Å²) in [4.78, 5) is 7.52. The van der Waals surface area contributed by atoms with Crippen LogP contribution in [0.2, 0.25) is 0 Å². The molecule has 0 amide bonds. The maximum atomic E-state index is 6.53. The number of oxazole rings is 1. The van der Waals surface area contributed by atoms with E-state index in [1.165, 1.54) is 44.5 Å². The average molecular weight is 645 g/mol. The van der Waals surface area contributed by atoms with Crippen LogP contribution in [0.4, 0.5) is 17.1 Å². The molecule has 0 saturated carbocycles. The summed E-state index contributed by atoms with van der Waals surface area (Å²) in [7, 11) is 0. The van der Waals surface area contributed by atoms with E-state index in [4.69, 9.17) is 9.40 Å². The molecule has 0 radical (unpaired) electrons. The molecule has 0 bridgehead atoms. The van der Waals surface area contributed by atoms with E-state index in [1.54, 1.807) is 0 Å². The summed E-state index contributed by atoms with van der Waals surface area (Å²) >= 11 is 0. The largest absolute Gasteiger partial charge is 0.435 e. The van der Waals surface area contributed by atoms with Crippen LogP contribution < -0.4 is 4.90 Å². The molecule has 0 fully saturated rings. The Hall–Kier alpha value is -5.93. The van der Waals surface area contributed by atoms with E-state index in [0.717, 1.165) is 44.5 Å². The quantitative estimate of drug-likeness (QED) is 0.191. The first-order chi connectivity index (χ1) is 24.3. The summed E-state index contributed by atoms with van der Waals surface area (Å²) in [6, 6.07) is 52.8. The molecule has 8 aromatic rings. The number of aromatic nitrogens is 1. The number of benzene rings is 7. The molecule has 240 valence electrons. The molecule has 0 aliphatic heterocycles. The van der Waals surface area contributed by atoms with E-state index in [0.29, 0.717) is 5.89 Å². The lowest BCUT2D eigenvalue weighted by Crippen LogP contribution is -2.16. The zero-order valence-corrected chi connectivity index (χ0v) is 28.7. The van der Waals surface area contributed by atoms with Crippen LogP contribution in [0.25, 0.3) is 55.6 Å².